The molecule has 0 aromatic heterocycles. The topological polar surface area (TPSA) is 14.1 Å². The third-order valence-corrected chi connectivity index (χ3v) is 2.13. The van der Waals surface area contributed by atoms with Gasteiger partial charge in [0, 0.05) is 0 Å². The molecule has 0 aliphatic rings. The van der Waals surface area contributed by atoms with Crippen molar-refractivity contribution in [3.05, 3.63) is 64.0 Å². The summed E-state index contributed by atoms with van der Waals surface area (Å²) in [5.41, 5.74) is 5.44. The first-order valence-electron chi connectivity index (χ1n) is 5.87. The van der Waals surface area contributed by atoms with Crippen molar-refractivity contribution in [2.24, 2.45) is 0 Å². The maximum Gasteiger partial charge on any atom is 4.00 e. The van der Waals surface area contributed by atoms with Crippen LogP contribution in [0.5, 0.6) is 0 Å². The number of halogens is 1. The Morgan fingerprint density at radius 3 is 1.16 bits per heavy atom. The minimum Gasteiger partial charge on any atom is -1.00 e. The SMILES string of the molecule is C[N-]C.Cc1cc[c-](C)c1.Cc1cc[c-](C)c1.[Cl-].[Zr+4]. The second kappa shape index (κ2) is 14.2. The third kappa shape index (κ3) is 14.1. The van der Waals surface area contributed by atoms with Crippen LogP contribution in [0.3, 0.4) is 0 Å². The van der Waals surface area contributed by atoms with Gasteiger partial charge < -0.3 is 17.7 Å². The Bertz CT molecular complexity index is 333. The molecule has 0 aliphatic heterocycles. The van der Waals surface area contributed by atoms with Gasteiger partial charge in [-0.25, -0.2) is 23.3 Å². The number of aryl methyl sites for hydroxylation is 4. The van der Waals surface area contributed by atoms with Crippen LogP contribution in [0.25, 0.3) is 5.32 Å². The molecule has 0 aliphatic carbocycles. The summed E-state index contributed by atoms with van der Waals surface area (Å²) in [5.74, 6) is 0. The first kappa shape index (κ1) is 23.9. The third-order valence-electron chi connectivity index (χ3n) is 2.13. The Morgan fingerprint density at radius 2 is 1.11 bits per heavy atom. The van der Waals surface area contributed by atoms with E-state index in [4.69, 9.17) is 0 Å². The van der Waals surface area contributed by atoms with Crippen molar-refractivity contribution in [2.75, 3.05) is 14.1 Å². The Balaban J connectivity index is -0.000000207. The zero-order valence-corrected chi connectivity index (χ0v) is 16.0. The predicted molar refractivity (Wildman–Crippen MR) is 78.2 cm³/mol. The van der Waals surface area contributed by atoms with E-state index in [-0.39, 0.29) is 38.6 Å². The maximum atomic E-state index is 3.50. The molecule has 0 atom stereocenters. The van der Waals surface area contributed by atoms with Gasteiger partial charge in [-0.05, 0) is 0 Å². The first-order valence-corrected chi connectivity index (χ1v) is 5.87. The van der Waals surface area contributed by atoms with Gasteiger partial charge >= 0.3 is 26.2 Å². The Hall–Kier alpha value is -0.167. The van der Waals surface area contributed by atoms with Gasteiger partial charge in [-0.2, -0.15) is 49.5 Å². The standard InChI is InChI=1S/2C7H9.C2H6N.ClH.Zr/c2*1-6-3-4-7(2)5-6;1-3-2;;/h2*3-5H,1-2H3;1-2H3;1H;/q3*-1;;+4/p-1. The van der Waals surface area contributed by atoms with E-state index in [1.54, 1.807) is 14.1 Å². The van der Waals surface area contributed by atoms with Crippen LogP contribution >= 0.6 is 0 Å². The summed E-state index contributed by atoms with van der Waals surface area (Å²) >= 11 is 0. The van der Waals surface area contributed by atoms with Crippen LogP contribution in [0, 0.1) is 27.7 Å². The monoisotopic (exact) mass is 355 g/mol. The van der Waals surface area contributed by atoms with E-state index in [9.17, 15) is 0 Å². The fraction of sp³-hybridized carbons (Fsp3) is 0.375. The van der Waals surface area contributed by atoms with E-state index in [0.29, 0.717) is 0 Å². The molecule has 2 aromatic carbocycles. The van der Waals surface area contributed by atoms with E-state index in [0.717, 1.165) is 0 Å². The average Bonchev–Trinajstić information content (AvgIpc) is 2.78. The van der Waals surface area contributed by atoms with Crippen LogP contribution < -0.4 is 12.4 Å². The molecule has 0 amide bonds. The van der Waals surface area contributed by atoms with Crippen LogP contribution in [0.15, 0.2) is 36.4 Å². The molecule has 0 fully saturated rings. The Morgan fingerprint density at radius 1 is 0.842 bits per heavy atom. The maximum absolute atomic E-state index is 3.50. The zero-order chi connectivity index (χ0) is 13.3. The predicted octanol–water partition coefficient (Wildman–Crippen LogP) is 1.67. The Labute approximate surface area is 144 Å². The van der Waals surface area contributed by atoms with Crippen molar-refractivity contribution in [1.29, 1.82) is 0 Å². The van der Waals surface area contributed by atoms with E-state index in [2.05, 4.69) is 69.4 Å². The van der Waals surface area contributed by atoms with E-state index in [1.807, 2.05) is 0 Å². The molecule has 0 spiro atoms. The molecular formula is C16H24ClNZr. The van der Waals surface area contributed by atoms with Crippen LogP contribution in [0.4, 0.5) is 0 Å². The summed E-state index contributed by atoms with van der Waals surface area (Å²) in [6.07, 6.45) is 0. The second-order valence-electron chi connectivity index (χ2n) is 4.38. The second-order valence-corrected chi connectivity index (χ2v) is 4.38. The average molecular weight is 357 g/mol. The minimum absolute atomic E-state index is 0. The minimum atomic E-state index is 0. The van der Waals surface area contributed by atoms with Crippen LogP contribution in [-0.4, -0.2) is 14.1 Å². The van der Waals surface area contributed by atoms with Crippen molar-refractivity contribution in [3.8, 4) is 0 Å². The molecule has 2 rings (SSSR count). The molecule has 19 heavy (non-hydrogen) atoms. The largest absolute Gasteiger partial charge is 4.00 e. The van der Waals surface area contributed by atoms with Gasteiger partial charge in [0.2, 0.25) is 0 Å². The van der Waals surface area contributed by atoms with E-state index >= 15 is 0 Å². The number of hydrogen-bond acceptors (Lipinski definition) is 0. The quantitative estimate of drug-likeness (QED) is 0.637. The van der Waals surface area contributed by atoms with Crippen LogP contribution in [-0.2, 0) is 26.2 Å². The van der Waals surface area contributed by atoms with Gasteiger partial charge in [-0.3, -0.25) is 0 Å². The molecule has 104 valence electrons. The number of rotatable bonds is 0. The number of nitrogens with zero attached hydrogens (tertiary/aromatic N) is 1. The molecule has 0 bridgehead atoms. The molecule has 0 saturated heterocycles. The van der Waals surface area contributed by atoms with Gasteiger partial charge in [-0.15, -0.1) is 0 Å². The molecular weight excluding hydrogens is 333 g/mol. The van der Waals surface area contributed by atoms with Crippen molar-refractivity contribution in [3.63, 3.8) is 0 Å². The summed E-state index contributed by atoms with van der Waals surface area (Å²) in [5, 5.41) is 3.50. The van der Waals surface area contributed by atoms with Crippen molar-refractivity contribution >= 4 is 0 Å². The molecule has 0 radical (unpaired) electrons. The zero-order valence-electron chi connectivity index (χ0n) is 12.8. The molecule has 0 saturated carbocycles. The summed E-state index contributed by atoms with van der Waals surface area (Å²) in [6.45, 7) is 8.42. The van der Waals surface area contributed by atoms with Crippen LogP contribution in [0.1, 0.15) is 22.3 Å². The van der Waals surface area contributed by atoms with Crippen molar-refractivity contribution in [1.82, 2.24) is 0 Å². The van der Waals surface area contributed by atoms with Crippen molar-refractivity contribution in [2.45, 2.75) is 27.7 Å². The summed E-state index contributed by atoms with van der Waals surface area (Å²) in [6, 6.07) is 12.8. The van der Waals surface area contributed by atoms with Gasteiger partial charge in [0.1, 0.15) is 0 Å². The molecule has 0 unspecified atom stereocenters. The smallest absolute Gasteiger partial charge is 1.00 e. The fourth-order valence-electron chi connectivity index (χ4n) is 1.44. The van der Waals surface area contributed by atoms with Gasteiger partial charge in [0.05, 0.1) is 0 Å². The molecule has 0 heterocycles. The van der Waals surface area contributed by atoms with Gasteiger partial charge in [0.15, 0.2) is 0 Å². The number of hydrogen-bond donors (Lipinski definition) is 0. The Kier molecular flexibility index (Phi) is 17.9. The van der Waals surface area contributed by atoms with Crippen molar-refractivity contribution < 1.29 is 38.6 Å². The molecule has 2 aromatic rings. The van der Waals surface area contributed by atoms with Gasteiger partial charge in [0.25, 0.3) is 0 Å². The van der Waals surface area contributed by atoms with Crippen LogP contribution in [0.2, 0.25) is 0 Å². The van der Waals surface area contributed by atoms with E-state index in [1.165, 1.54) is 22.3 Å². The fourth-order valence-corrected chi connectivity index (χ4v) is 1.44. The molecule has 3 heteroatoms. The normalized spacial score (nSPS) is 7.89. The summed E-state index contributed by atoms with van der Waals surface area (Å²) in [7, 11) is 3.50. The first-order chi connectivity index (χ1) is 7.99. The van der Waals surface area contributed by atoms with Gasteiger partial charge in [-0.1, -0.05) is 27.7 Å². The molecule has 1 nitrogen and oxygen atoms in total. The van der Waals surface area contributed by atoms with E-state index < -0.39 is 0 Å². The summed E-state index contributed by atoms with van der Waals surface area (Å²) < 4.78 is 0. The summed E-state index contributed by atoms with van der Waals surface area (Å²) in [4.78, 5) is 0. The molecule has 0 N–H and O–H groups in total.